The van der Waals surface area contributed by atoms with E-state index in [2.05, 4.69) is 22.6 Å². The second-order valence-corrected chi connectivity index (χ2v) is 4.04. The van der Waals surface area contributed by atoms with E-state index in [9.17, 15) is 4.79 Å². The lowest BCUT2D eigenvalue weighted by atomic mass is 10.1. The molecule has 0 aromatic heterocycles. The van der Waals surface area contributed by atoms with Gasteiger partial charge in [0.2, 0.25) is 0 Å². The second-order valence-electron chi connectivity index (χ2n) is 2.44. The van der Waals surface area contributed by atoms with Crippen molar-refractivity contribution >= 4 is 40.5 Å². The first kappa shape index (κ1) is 9.99. The minimum atomic E-state index is 0.566. The van der Waals surface area contributed by atoms with Crippen LogP contribution in [0.25, 0.3) is 0 Å². The summed E-state index contributed by atoms with van der Waals surface area (Å²) in [6, 6.07) is 5.73. The van der Waals surface area contributed by atoms with Crippen LogP contribution < -0.4 is 0 Å². The van der Waals surface area contributed by atoms with Gasteiger partial charge in [0.1, 0.15) is 6.29 Å². The molecule has 0 saturated carbocycles. The number of aldehydes is 1. The fraction of sp³-hybridized carbons (Fsp3) is 0.222. The summed E-state index contributed by atoms with van der Waals surface area (Å²) in [5.74, 6) is 0. The van der Waals surface area contributed by atoms with Crippen LogP contribution in [-0.4, -0.2) is 6.29 Å². The number of carbonyl (C=O) groups excluding carboxylic acids is 1. The normalized spacial score (nSPS) is 9.83. The Kier molecular flexibility index (Phi) is 4.01. The average molecular weight is 295 g/mol. The molecule has 12 heavy (non-hydrogen) atoms. The molecule has 1 aromatic rings. The maximum absolute atomic E-state index is 10.1. The number of hydrogen-bond donors (Lipinski definition) is 0. The lowest BCUT2D eigenvalue weighted by Crippen LogP contribution is -1.89. The quantitative estimate of drug-likeness (QED) is 0.618. The molecule has 0 saturated heterocycles. The van der Waals surface area contributed by atoms with Gasteiger partial charge in [-0.2, -0.15) is 0 Å². The molecule has 0 N–H and O–H groups in total. The lowest BCUT2D eigenvalue weighted by Gasteiger charge is -2.01. The summed E-state index contributed by atoms with van der Waals surface area (Å²) in [6.45, 7) is 0. The molecular formula is C9H8ClIO. The van der Waals surface area contributed by atoms with Gasteiger partial charge in [-0.05, 0) is 52.8 Å². The van der Waals surface area contributed by atoms with Gasteiger partial charge in [-0.1, -0.05) is 11.6 Å². The SMILES string of the molecule is O=CCCc1cc(Cl)ccc1I. The number of benzene rings is 1. The molecule has 0 atom stereocenters. The molecule has 1 rings (SSSR count). The highest BCUT2D eigenvalue weighted by Crippen LogP contribution is 2.18. The predicted molar refractivity (Wildman–Crippen MR) is 58.6 cm³/mol. The second kappa shape index (κ2) is 4.82. The molecular weight excluding hydrogens is 286 g/mol. The van der Waals surface area contributed by atoms with E-state index in [0.717, 1.165) is 23.3 Å². The Bertz CT molecular complexity index is 286. The highest BCUT2D eigenvalue weighted by Gasteiger charge is 1.99. The summed E-state index contributed by atoms with van der Waals surface area (Å²) in [5, 5.41) is 0.733. The van der Waals surface area contributed by atoms with Gasteiger partial charge in [-0.25, -0.2) is 0 Å². The summed E-state index contributed by atoms with van der Waals surface area (Å²) >= 11 is 8.05. The molecule has 64 valence electrons. The third-order valence-electron chi connectivity index (χ3n) is 1.54. The summed E-state index contributed by atoms with van der Waals surface area (Å²) in [5.41, 5.74) is 1.15. The zero-order valence-electron chi connectivity index (χ0n) is 6.39. The molecule has 0 fully saturated rings. The fourth-order valence-corrected chi connectivity index (χ4v) is 1.75. The molecule has 0 heterocycles. The molecule has 1 aromatic carbocycles. The smallest absolute Gasteiger partial charge is 0.120 e. The summed E-state index contributed by atoms with van der Waals surface area (Å²) in [7, 11) is 0. The Morgan fingerprint density at radius 3 is 2.92 bits per heavy atom. The van der Waals surface area contributed by atoms with Crippen molar-refractivity contribution in [2.45, 2.75) is 12.8 Å². The van der Waals surface area contributed by atoms with Crippen molar-refractivity contribution in [2.24, 2.45) is 0 Å². The Morgan fingerprint density at radius 1 is 1.50 bits per heavy atom. The van der Waals surface area contributed by atoms with Crippen molar-refractivity contribution in [3.63, 3.8) is 0 Å². The van der Waals surface area contributed by atoms with Crippen LogP contribution in [0.3, 0.4) is 0 Å². The van der Waals surface area contributed by atoms with Crippen molar-refractivity contribution in [3.05, 3.63) is 32.4 Å². The average Bonchev–Trinajstić information content (AvgIpc) is 2.07. The highest BCUT2D eigenvalue weighted by atomic mass is 127. The van der Waals surface area contributed by atoms with E-state index in [0.29, 0.717) is 6.42 Å². The maximum Gasteiger partial charge on any atom is 0.120 e. The standard InChI is InChI=1S/C9H8ClIO/c10-8-3-4-9(11)7(6-8)2-1-5-12/h3-6H,1-2H2. The highest BCUT2D eigenvalue weighted by molar-refractivity contribution is 14.1. The van der Waals surface area contributed by atoms with Crippen LogP contribution in [0, 0.1) is 3.57 Å². The third kappa shape index (κ3) is 2.75. The van der Waals surface area contributed by atoms with Crippen LogP contribution in [0.4, 0.5) is 0 Å². The molecule has 0 bridgehead atoms. The zero-order valence-corrected chi connectivity index (χ0v) is 9.30. The van der Waals surface area contributed by atoms with E-state index in [1.807, 2.05) is 18.2 Å². The zero-order chi connectivity index (χ0) is 8.97. The van der Waals surface area contributed by atoms with Gasteiger partial charge in [0, 0.05) is 15.0 Å². The minimum Gasteiger partial charge on any atom is -0.303 e. The van der Waals surface area contributed by atoms with Gasteiger partial charge in [-0.15, -0.1) is 0 Å². The Morgan fingerprint density at radius 2 is 2.25 bits per heavy atom. The molecule has 0 spiro atoms. The molecule has 0 aliphatic heterocycles. The molecule has 3 heteroatoms. The van der Waals surface area contributed by atoms with Gasteiger partial charge in [0.15, 0.2) is 0 Å². The van der Waals surface area contributed by atoms with Crippen molar-refractivity contribution in [2.75, 3.05) is 0 Å². The molecule has 0 unspecified atom stereocenters. The van der Waals surface area contributed by atoms with E-state index < -0.39 is 0 Å². The Labute approximate surface area is 90.3 Å². The number of rotatable bonds is 3. The Hall–Kier alpha value is -0.0900. The van der Waals surface area contributed by atoms with Gasteiger partial charge in [0.25, 0.3) is 0 Å². The van der Waals surface area contributed by atoms with Crippen molar-refractivity contribution in [3.8, 4) is 0 Å². The predicted octanol–water partition coefficient (Wildman–Crippen LogP) is 3.08. The number of aryl methyl sites for hydroxylation is 1. The van der Waals surface area contributed by atoms with E-state index in [1.165, 1.54) is 3.57 Å². The molecule has 0 aliphatic carbocycles. The van der Waals surface area contributed by atoms with Crippen LogP contribution >= 0.6 is 34.2 Å². The van der Waals surface area contributed by atoms with Gasteiger partial charge < -0.3 is 4.79 Å². The Balaban J connectivity index is 2.82. The number of hydrogen-bond acceptors (Lipinski definition) is 1. The topological polar surface area (TPSA) is 17.1 Å². The first-order valence-electron chi connectivity index (χ1n) is 3.61. The van der Waals surface area contributed by atoms with Crippen LogP contribution in [0.1, 0.15) is 12.0 Å². The first-order valence-corrected chi connectivity index (χ1v) is 5.07. The molecule has 0 aliphatic rings. The van der Waals surface area contributed by atoms with Crippen molar-refractivity contribution < 1.29 is 4.79 Å². The summed E-state index contributed by atoms with van der Waals surface area (Å²) < 4.78 is 1.17. The fourth-order valence-electron chi connectivity index (χ4n) is 0.949. The van der Waals surface area contributed by atoms with Crippen LogP contribution in [0.2, 0.25) is 5.02 Å². The summed E-state index contributed by atoms with van der Waals surface area (Å²) in [6.07, 6.45) is 2.27. The van der Waals surface area contributed by atoms with Crippen molar-refractivity contribution in [1.82, 2.24) is 0 Å². The van der Waals surface area contributed by atoms with Gasteiger partial charge >= 0.3 is 0 Å². The van der Waals surface area contributed by atoms with E-state index in [4.69, 9.17) is 11.6 Å². The molecule has 1 nitrogen and oxygen atoms in total. The van der Waals surface area contributed by atoms with Gasteiger partial charge in [-0.3, -0.25) is 0 Å². The van der Waals surface area contributed by atoms with Crippen LogP contribution in [0.5, 0.6) is 0 Å². The lowest BCUT2D eigenvalue weighted by molar-refractivity contribution is -0.107. The number of carbonyl (C=O) groups is 1. The number of halogens is 2. The first-order chi connectivity index (χ1) is 5.74. The van der Waals surface area contributed by atoms with Gasteiger partial charge in [0.05, 0.1) is 0 Å². The van der Waals surface area contributed by atoms with E-state index in [1.54, 1.807) is 0 Å². The van der Waals surface area contributed by atoms with Crippen molar-refractivity contribution in [1.29, 1.82) is 0 Å². The third-order valence-corrected chi connectivity index (χ3v) is 2.83. The van der Waals surface area contributed by atoms with Crippen LogP contribution in [-0.2, 0) is 11.2 Å². The molecule has 0 amide bonds. The van der Waals surface area contributed by atoms with Crippen LogP contribution in [0.15, 0.2) is 18.2 Å². The van der Waals surface area contributed by atoms with E-state index >= 15 is 0 Å². The monoisotopic (exact) mass is 294 g/mol. The maximum atomic E-state index is 10.1. The minimum absolute atomic E-state index is 0.566. The summed E-state index contributed by atoms with van der Waals surface area (Å²) in [4.78, 5) is 10.1. The molecule has 0 radical (unpaired) electrons. The largest absolute Gasteiger partial charge is 0.303 e. The van der Waals surface area contributed by atoms with E-state index in [-0.39, 0.29) is 0 Å².